The molecule has 3 N–H and O–H groups in total. The van der Waals surface area contributed by atoms with Crippen LogP contribution in [0.2, 0.25) is 5.02 Å². The molecule has 16 heavy (non-hydrogen) atoms. The molecule has 0 atom stereocenters. The van der Waals surface area contributed by atoms with Crippen LogP contribution in [0.5, 0.6) is 0 Å². The number of nitrogens with zero attached hydrogens (tertiary/aromatic N) is 1. The standard InChI is InChI=1S/C11H18ClN3O/c1-4-15-6-8(12)5-9(15)10(16)14-7-11(2,3)13/h5-6H,4,7,13H2,1-3H3,(H,14,16). The number of aromatic nitrogens is 1. The number of rotatable bonds is 4. The predicted octanol–water partition coefficient (Wildman–Crippen LogP) is 1.63. The van der Waals surface area contributed by atoms with Gasteiger partial charge >= 0.3 is 0 Å². The zero-order chi connectivity index (χ0) is 12.3. The summed E-state index contributed by atoms with van der Waals surface area (Å²) in [5.74, 6) is -0.146. The molecule has 0 aromatic carbocycles. The van der Waals surface area contributed by atoms with Crippen LogP contribution in [0.3, 0.4) is 0 Å². The quantitative estimate of drug-likeness (QED) is 0.845. The van der Waals surface area contributed by atoms with E-state index in [0.717, 1.165) is 0 Å². The third-order valence-corrected chi connectivity index (χ3v) is 2.35. The molecule has 0 aliphatic rings. The van der Waals surface area contributed by atoms with Crippen molar-refractivity contribution in [3.8, 4) is 0 Å². The monoisotopic (exact) mass is 243 g/mol. The Morgan fingerprint density at radius 1 is 1.62 bits per heavy atom. The van der Waals surface area contributed by atoms with Gasteiger partial charge in [-0.1, -0.05) is 11.6 Å². The number of hydrogen-bond donors (Lipinski definition) is 2. The maximum atomic E-state index is 11.8. The first-order chi connectivity index (χ1) is 7.33. The van der Waals surface area contributed by atoms with E-state index in [2.05, 4.69) is 5.32 Å². The lowest BCUT2D eigenvalue weighted by atomic mass is 10.1. The molecule has 1 heterocycles. The molecular weight excluding hydrogens is 226 g/mol. The van der Waals surface area contributed by atoms with Crippen LogP contribution in [0.4, 0.5) is 0 Å². The zero-order valence-electron chi connectivity index (χ0n) is 9.88. The van der Waals surface area contributed by atoms with E-state index in [9.17, 15) is 4.79 Å². The van der Waals surface area contributed by atoms with Crippen molar-refractivity contribution in [2.75, 3.05) is 6.54 Å². The van der Waals surface area contributed by atoms with Crippen LogP contribution in [-0.2, 0) is 6.54 Å². The Balaban J connectivity index is 2.73. The zero-order valence-corrected chi connectivity index (χ0v) is 10.6. The van der Waals surface area contributed by atoms with Gasteiger partial charge in [0.05, 0.1) is 5.02 Å². The molecule has 90 valence electrons. The van der Waals surface area contributed by atoms with Crippen molar-refractivity contribution in [1.29, 1.82) is 0 Å². The van der Waals surface area contributed by atoms with Gasteiger partial charge in [0.2, 0.25) is 0 Å². The van der Waals surface area contributed by atoms with E-state index < -0.39 is 5.54 Å². The highest BCUT2D eigenvalue weighted by atomic mass is 35.5. The summed E-state index contributed by atoms with van der Waals surface area (Å²) < 4.78 is 1.81. The van der Waals surface area contributed by atoms with Gasteiger partial charge in [0.25, 0.3) is 5.91 Å². The number of nitrogens with one attached hydrogen (secondary N) is 1. The van der Waals surface area contributed by atoms with Gasteiger partial charge in [-0.25, -0.2) is 0 Å². The van der Waals surface area contributed by atoms with Gasteiger partial charge in [0.15, 0.2) is 0 Å². The minimum absolute atomic E-state index is 0.146. The lowest BCUT2D eigenvalue weighted by Gasteiger charge is -2.19. The van der Waals surface area contributed by atoms with Crippen LogP contribution in [0, 0.1) is 0 Å². The normalized spacial score (nSPS) is 11.6. The van der Waals surface area contributed by atoms with Gasteiger partial charge in [-0.05, 0) is 26.8 Å². The molecule has 0 saturated carbocycles. The van der Waals surface area contributed by atoms with Crippen molar-refractivity contribution in [2.45, 2.75) is 32.9 Å². The molecule has 0 fully saturated rings. The molecule has 1 aromatic heterocycles. The summed E-state index contributed by atoms with van der Waals surface area (Å²) in [5.41, 5.74) is 5.94. The van der Waals surface area contributed by atoms with Gasteiger partial charge in [-0.15, -0.1) is 0 Å². The maximum absolute atomic E-state index is 11.8. The van der Waals surface area contributed by atoms with E-state index >= 15 is 0 Å². The second kappa shape index (κ2) is 4.89. The molecule has 0 unspecified atom stereocenters. The van der Waals surface area contributed by atoms with Crippen LogP contribution in [0.15, 0.2) is 12.3 Å². The molecule has 0 saturated heterocycles. The minimum Gasteiger partial charge on any atom is -0.349 e. The number of amides is 1. The molecule has 0 aliphatic heterocycles. The number of halogens is 1. The third kappa shape index (κ3) is 3.54. The van der Waals surface area contributed by atoms with Crippen LogP contribution in [-0.4, -0.2) is 22.6 Å². The lowest BCUT2D eigenvalue weighted by molar-refractivity contribution is 0.0937. The lowest BCUT2D eigenvalue weighted by Crippen LogP contribution is -2.45. The first-order valence-corrected chi connectivity index (χ1v) is 5.64. The maximum Gasteiger partial charge on any atom is 0.268 e. The molecule has 1 amide bonds. The average Bonchev–Trinajstić information content (AvgIpc) is 2.55. The Labute approximate surface area is 101 Å². The summed E-state index contributed by atoms with van der Waals surface area (Å²) in [6.45, 7) is 6.82. The fourth-order valence-corrected chi connectivity index (χ4v) is 1.55. The van der Waals surface area contributed by atoms with Gasteiger partial charge in [-0.2, -0.15) is 0 Å². The van der Waals surface area contributed by atoms with Crippen molar-refractivity contribution in [2.24, 2.45) is 5.73 Å². The fourth-order valence-electron chi connectivity index (χ4n) is 1.33. The molecule has 1 aromatic rings. The van der Waals surface area contributed by atoms with Crippen molar-refractivity contribution >= 4 is 17.5 Å². The highest BCUT2D eigenvalue weighted by Crippen LogP contribution is 2.14. The van der Waals surface area contributed by atoms with E-state index in [4.69, 9.17) is 17.3 Å². The van der Waals surface area contributed by atoms with Crippen LogP contribution in [0.1, 0.15) is 31.3 Å². The minimum atomic E-state index is -0.414. The van der Waals surface area contributed by atoms with E-state index in [0.29, 0.717) is 23.8 Å². The van der Waals surface area contributed by atoms with Gasteiger partial charge in [-0.3, -0.25) is 4.79 Å². The van der Waals surface area contributed by atoms with Crippen molar-refractivity contribution in [3.63, 3.8) is 0 Å². The van der Waals surface area contributed by atoms with Crippen molar-refractivity contribution in [1.82, 2.24) is 9.88 Å². The van der Waals surface area contributed by atoms with Gasteiger partial charge in [0, 0.05) is 24.8 Å². The summed E-state index contributed by atoms with van der Waals surface area (Å²) >= 11 is 5.85. The average molecular weight is 244 g/mol. The summed E-state index contributed by atoms with van der Waals surface area (Å²) in [6.07, 6.45) is 1.74. The molecule has 1 rings (SSSR count). The number of nitrogens with two attached hydrogens (primary N) is 1. The number of carbonyl (C=O) groups excluding carboxylic acids is 1. The first-order valence-electron chi connectivity index (χ1n) is 5.26. The Hall–Kier alpha value is -1.00. The Kier molecular flexibility index (Phi) is 3.99. The van der Waals surface area contributed by atoms with Crippen molar-refractivity contribution < 1.29 is 4.79 Å². The fraction of sp³-hybridized carbons (Fsp3) is 0.545. The largest absolute Gasteiger partial charge is 0.349 e. The molecule has 5 heteroatoms. The molecule has 0 aliphatic carbocycles. The number of carbonyl (C=O) groups is 1. The summed E-state index contributed by atoms with van der Waals surface area (Å²) in [6, 6.07) is 1.66. The van der Waals surface area contributed by atoms with Crippen molar-refractivity contribution in [3.05, 3.63) is 23.0 Å². The second-order valence-electron chi connectivity index (χ2n) is 4.50. The molecule has 4 nitrogen and oxygen atoms in total. The second-order valence-corrected chi connectivity index (χ2v) is 4.94. The molecule has 0 bridgehead atoms. The molecular formula is C11H18ClN3O. The smallest absolute Gasteiger partial charge is 0.268 e. The topological polar surface area (TPSA) is 60.0 Å². The third-order valence-electron chi connectivity index (χ3n) is 2.14. The Morgan fingerprint density at radius 2 is 2.25 bits per heavy atom. The Morgan fingerprint density at radius 3 is 2.75 bits per heavy atom. The summed E-state index contributed by atoms with van der Waals surface area (Å²) in [5, 5.41) is 3.35. The molecule has 0 radical (unpaired) electrons. The molecule has 0 spiro atoms. The van der Waals surface area contributed by atoms with E-state index in [1.54, 1.807) is 16.8 Å². The number of aryl methyl sites for hydroxylation is 1. The van der Waals surface area contributed by atoms with E-state index in [-0.39, 0.29) is 5.91 Å². The van der Waals surface area contributed by atoms with Crippen LogP contribution in [0.25, 0.3) is 0 Å². The SMILES string of the molecule is CCn1cc(Cl)cc1C(=O)NCC(C)(C)N. The Bertz CT molecular complexity index is 379. The van der Waals surface area contributed by atoms with E-state index in [1.807, 2.05) is 20.8 Å². The number of hydrogen-bond acceptors (Lipinski definition) is 2. The first kappa shape index (κ1) is 13.1. The highest BCUT2D eigenvalue weighted by molar-refractivity contribution is 6.31. The van der Waals surface area contributed by atoms with Gasteiger partial charge in [0.1, 0.15) is 5.69 Å². The highest BCUT2D eigenvalue weighted by Gasteiger charge is 2.16. The van der Waals surface area contributed by atoms with Crippen LogP contribution >= 0.6 is 11.6 Å². The van der Waals surface area contributed by atoms with Gasteiger partial charge < -0.3 is 15.6 Å². The predicted molar refractivity (Wildman–Crippen MR) is 65.7 cm³/mol. The summed E-state index contributed by atoms with van der Waals surface area (Å²) in [7, 11) is 0. The van der Waals surface area contributed by atoms with Crippen LogP contribution < -0.4 is 11.1 Å². The summed E-state index contributed by atoms with van der Waals surface area (Å²) in [4.78, 5) is 11.8. The van der Waals surface area contributed by atoms with E-state index in [1.165, 1.54) is 0 Å².